The number of ether oxygens (including phenoxy) is 1. The van der Waals surface area contributed by atoms with Gasteiger partial charge in [-0.2, -0.15) is 13.2 Å². The largest absolute Gasteiger partial charge is 0.444 e. The first-order valence-electron chi connectivity index (χ1n) is 10.5. The van der Waals surface area contributed by atoms with Crippen molar-refractivity contribution in [2.45, 2.75) is 64.5 Å². The Balaban J connectivity index is 1.66. The molecule has 2 fully saturated rings. The minimum Gasteiger partial charge on any atom is -0.444 e. The summed E-state index contributed by atoms with van der Waals surface area (Å²) in [5, 5.41) is 0. The fourth-order valence-corrected chi connectivity index (χ4v) is 4.15. The van der Waals surface area contributed by atoms with E-state index in [1.807, 2.05) is 58.0 Å². The molecular formula is C23H31F3N2O2. The number of halogens is 3. The highest BCUT2D eigenvalue weighted by Crippen LogP contribution is 2.48. The van der Waals surface area contributed by atoms with Crippen LogP contribution in [-0.2, 0) is 4.74 Å². The van der Waals surface area contributed by atoms with Crippen molar-refractivity contribution in [3.05, 3.63) is 47.9 Å². The number of benzene rings is 1. The van der Waals surface area contributed by atoms with Crippen LogP contribution in [0, 0.1) is 5.41 Å². The topological polar surface area (TPSA) is 32.8 Å². The van der Waals surface area contributed by atoms with E-state index in [1.165, 1.54) is 4.90 Å². The third-order valence-electron chi connectivity index (χ3n) is 5.97. The smallest absolute Gasteiger partial charge is 0.410 e. The average Bonchev–Trinajstić information content (AvgIpc) is 3.46. The lowest BCUT2D eigenvalue weighted by molar-refractivity contribution is 0.00701. The highest BCUT2D eigenvalue weighted by Gasteiger charge is 2.47. The zero-order valence-electron chi connectivity index (χ0n) is 18.1. The molecule has 1 saturated carbocycles. The molecule has 2 aliphatic rings. The second kappa shape index (κ2) is 8.52. The Kier molecular flexibility index (Phi) is 6.39. The number of hydrogen-bond acceptors (Lipinski definition) is 3. The summed E-state index contributed by atoms with van der Waals surface area (Å²) in [5.41, 5.74) is 0.110. The highest BCUT2D eigenvalue weighted by molar-refractivity contribution is 5.68. The highest BCUT2D eigenvalue weighted by atomic mass is 19.3. The summed E-state index contributed by atoms with van der Waals surface area (Å²) in [6, 6.07) is 9.36. The zero-order chi connectivity index (χ0) is 22.1. The van der Waals surface area contributed by atoms with Crippen LogP contribution in [0.4, 0.5) is 18.0 Å². The van der Waals surface area contributed by atoms with E-state index in [4.69, 9.17) is 4.74 Å². The number of carbonyl (C=O) groups excluding carboxylic acids is 1. The number of carbonyl (C=O) groups is 1. The first-order valence-corrected chi connectivity index (χ1v) is 10.5. The Hall–Kier alpha value is -2.18. The molecule has 166 valence electrons. The normalized spacial score (nSPS) is 23.0. The molecule has 1 amide bonds. The molecule has 0 radical (unpaired) electrons. The number of hydrogen-bond donors (Lipinski definition) is 0. The van der Waals surface area contributed by atoms with E-state index in [-0.39, 0.29) is 30.0 Å². The molecule has 2 atom stereocenters. The van der Waals surface area contributed by atoms with Gasteiger partial charge in [-0.15, -0.1) is 0 Å². The quantitative estimate of drug-likeness (QED) is 0.550. The van der Waals surface area contributed by atoms with Crippen molar-refractivity contribution in [3.63, 3.8) is 0 Å². The molecule has 4 nitrogen and oxygen atoms in total. The van der Waals surface area contributed by atoms with E-state index < -0.39 is 17.6 Å². The van der Waals surface area contributed by atoms with E-state index in [1.54, 1.807) is 4.90 Å². The number of likely N-dealkylation sites (tertiary alicyclic amines) is 1. The molecule has 1 aromatic rings. The van der Waals surface area contributed by atoms with Crippen LogP contribution < -0.4 is 0 Å². The first kappa shape index (κ1) is 22.5. The summed E-state index contributed by atoms with van der Waals surface area (Å²) in [6.07, 6.45) is -0.776. The van der Waals surface area contributed by atoms with Gasteiger partial charge in [-0.1, -0.05) is 37.3 Å². The number of nitrogens with zero attached hydrogens (tertiary/aromatic N) is 2. The Morgan fingerprint density at radius 3 is 2.30 bits per heavy atom. The van der Waals surface area contributed by atoms with Gasteiger partial charge in [-0.25, -0.2) is 4.79 Å². The number of rotatable bonds is 5. The molecule has 1 aromatic carbocycles. The fraction of sp³-hybridized carbons (Fsp3) is 0.609. The van der Waals surface area contributed by atoms with Gasteiger partial charge in [0, 0.05) is 31.6 Å². The van der Waals surface area contributed by atoms with Gasteiger partial charge in [0.2, 0.25) is 0 Å². The lowest BCUT2D eigenvalue weighted by Crippen LogP contribution is -2.48. The maximum atomic E-state index is 14.5. The van der Waals surface area contributed by atoms with E-state index in [0.717, 1.165) is 5.56 Å². The van der Waals surface area contributed by atoms with Crippen molar-refractivity contribution in [1.82, 2.24) is 9.80 Å². The van der Waals surface area contributed by atoms with Gasteiger partial charge in [0.25, 0.3) is 5.95 Å². The van der Waals surface area contributed by atoms with Gasteiger partial charge in [0.1, 0.15) is 5.60 Å². The molecule has 1 saturated heterocycles. The summed E-state index contributed by atoms with van der Waals surface area (Å²) in [4.78, 5) is 15.2. The van der Waals surface area contributed by atoms with Crippen LogP contribution in [0.1, 0.15) is 58.4 Å². The lowest BCUT2D eigenvalue weighted by Gasteiger charge is -2.42. The molecular weight excluding hydrogens is 393 g/mol. The minimum atomic E-state index is -2.27. The second-order valence-electron chi connectivity index (χ2n) is 9.78. The summed E-state index contributed by atoms with van der Waals surface area (Å²) in [5.74, 6) is -1.36. The van der Waals surface area contributed by atoms with Gasteiger partial charge in [0.05, 0.1) is 0 Å². The standard InChI is InChI=1S/C23H31F3N2O2/c1-22(2,3)30-21(29)27-12-10-23(4,11-13-27)15-28(20(26)19(24)25)18-14-17(18)16-8-6-5-7-9-16/h5-9,17-18H,10-15H2,1-4H3/t17-,18+/m0/s1. The predicted octanol–water partition coefficient (Wildman–Crippen LogP) is 5.92. The van der Waals surface area contributed by atoms with Crippen LogP contribution in [-0.4, -0.2) is 47.2 Å². The average molecular weight is 425 g/mol. The molecule has 7 heteroatoms. The molecule has 0 N–H and O–H groups in total. The molecule has 0 spiro atoms. The van der Waals surface area contributed by atoms with Crippen LogP contribution in [0.25, 0.3) is 0 Å². The lowest BCUT2D eigenvalue weighted by atomic mass is 9.80. The third-order valence-corrected chi connectivity index (χ3v) is 5.97. The van der Waals surface area contributed by atoms with E-state index >= 15 is 0 Å². The van der Waals surface area contributed by atoms with E-state index in [2.05, 4.69) is 0 Å². The number of piperidine rings is 1. The van der Waals surface area contributed by atoms with Crippen LogP contribution >= 0.6 is 0 Å². The van der Waals surface area contributed by atoms with Gasteiger partial charge >= 0.3 is 12.2 Å². The monoisotopic (exact) mass is 424 g/mol. The zero-order valence-corrected chi connectivity index (χ0v) is 18.1. The van der Waals surface area contributed by atoms with Crippen molar-refractivity contribution < 1.29 is 22.7 Å². The first-order chi connectivity index (χ1) is 14.0. The molecule has 0 bridgehead atoms. The summed E-state index contributed by atoms with van der Waals surface area (Å²) < 4.78 is 46.3. The second-order valence-corrected chi connectivity index (χ2v) is 9.78. The Bertz CT molecular complexity index is 779. The Morgan fingerprint density at radius 2 is 1.77 bits per heavy atom. The molecule has 0 unspecified atom stereocenters. The van der Waals surface area contributed by atoms with Crippen molar-refractivity contribution in [1.29, 1.82) is 0 Å². The predicted molar refractivity (Wildman–Crippen MR) is 110 cm³/mol. The molecule has 3 rings (SSSR count). The maximum absolute atomic E-state index is 14.5. The van der Waals surface area contributed by atoms with Crippen molar-refractivity contribution in [3.8, 4) is 0 Å². The number of amides is 1. The minimum absolute atomic E-state index is 0.0572. The summed E-state index contributed by atoms with van der Waals surface area (Å²) in [7, 11) is 0. The van der Waals surface area contributed by atoms with Crippen molar-refractivity contribution in [2.75, 3.05) is 19.6 Å². The van der Waals surface area contributed by atoms with Gasteiger partial charge in [0.15, 0.2) is 0 Å². The molecule has 1 aliphatic heterocycles. The van der Waals surface area contributed by atoms with Crippen LogP contribution in [0.3, 0.4) is 0 Å². The summed E-state index contributed by atoms with van der Waals surface area (Å²) >= 11 is 0. The van der Waals surface area contributed by atoms with Crippen LogP contribution in [0.15, 0.2) is 42.4 Å². The third kappa shape index (κ3) is 5.49. The summed E-state index contributed by atoms with van der Waals surface area (Å²) in [6.45, 7) is 8.57. The molecule has 1 aliphatic carbocycles. The van der Waals surface area contributed by atoms with E-state index in [0.29, 0.717) is 32.4 Å². The fourth-order valence-electron chi connectivity index (χ4n) is 4.15. The van der Waals surface area contributed by atoms with Crippen molar-refractivity contribution >= 4 is 6.09 Å². The molecule has 30 heavy (non-hydrogen) atoms. The Morgan fingerprint density at radius 1 is 1.17 bits per heavy atom. The molecule has 1 heterocycles. The SMILES string of the molecule is CC1(CN(C(F)=C(F)F)[C@@H]2C[C@H]2c2ccccc2)CCN(C(=O)OC(C)(C)C)CC1. The van der Waals surface area contributed by atoms with Crippen molar-refractivity contribution in [2.24, 2.45) is 5.41 Å². The van der Waals surface area contributed by atoms with Gasteiger partial charge in [-0.05, 0) is 51.0 Å². The van der Waals surface area contributed by atoms with E-state index in [9.17, 15) is 18.0 Å². The van der Waals surface area contributed by atoms with Crippen LogP contribution in [0.5, 0.6) is 0 Å². The van der Waals surface area contributed by atoms with Gasteiger partial charge in [-0.3, -0.25) is 0 Å². The van der Waals surface area contributed by atoms with Crippen LogP contribution in [0.2, 0.25) is 0 Å². The maximum Gasteiger partial charge on any atom is 0.410 e. The molecule has 0 aromatic heterocycles. The van der Waals surface area contributed by atoms with Gasteiger partial charge < -0.3 is 14.5 Å². The Labute approximate surface area is 176 Å².